The lowest BCUT2D eigenvalue weighted by molar-refractivity contribution is -0.0509. The fraction of sp³-hybridized carbons (Fsp3) is 0.727. The molecule has 0 saturated carbocycles. The van der Waals surface area contributed by atoms with Gasteiger partial charge >= 0.3 is 0 Å². The SMILES string of the molecule is Cn1ccnc1CC(O)(CN)C(C)(C)C. The molecule has 1 unspecified atom stereocenters. The number of nitrogens with zero attached hydrogens (tertiary/aromatic N) is 2. The third kappa shape index (κ3) is 2.38. The number of nitrogens with two attached hydrogens (primary N) is 1. The van der Waals surface area contributed by atoms with Crippen molar-refractivity contribution >= 4 is 0 Å². The predicted molar refractivity (Wildman–Crippen MR) is 60.4 cm³/mol. The summed E-state index contributed by atoms with van der Waals surface area (Å²) in [5.74, 6) is 0.859. The van der Waals surface area contributed by atoms with E-state index in [1.54, 1.807) is 6.20 Å². The second-order valence-corrected chi connectivity index (χ2v) is 5.12. The van der Waals surface area contributed by atoms with E-state index in [4.69, 9.17) is 5.73 Å². The monoisotopic (exact) mass is 211 g/mol. The molecule has 0 amide bonds. The zero-order chi connectivity index (χ0) is 11.7. The molecule has 0 saturated heterocycles. The van der Waals surface area contributed by atoms with Gasteiger partial charge in [0.1, 0.15) is 5.82 Å². The van der Waals surface area contributed by atoms with Crippen molar-refractivity contribution in [1.29, 1.82) is 0 Å². The Labute approximate surface area is 91.1 Å². The summed E-state index contributed by atoms with van der Waals surface area (Å²) in [5, 5.41) is 10.5. The van der Waals surface area contributed by atoms with Gasteiger partial charge < -0.3 is 15.4 Å². The van der Waals surface area contributed by atoms with Crippen molar-refractivity contribution in [2.24, 2.45) is 18.2 Å². The summed E-state index contributed by atoms with van der Waals surface area (Å²) < 4.78 is 1.91. The minimum atomic E-state index is -0.911. The quantitative estimate of drug-likeness (QED) is 0.773. The molecule has 1 aromatic rings. The molecule has 0 bridgehead atoms. The molecule has 4 heteroatoms. The molecule has 1 atom stereocenters. The minimum absolute atomic E-state index is 0.239. The molecule has 4 nitrogen and oxygen atoms in total. The minimum Gasteiger partial charge on any atom is -0.388 e. The van der Waals surface area contributed by atoms with Gasteiger partial charge in [-0.15, -0.1) is 0 Å². The summed E-state index contributed by atoms with van der Waals surface area (Å²) in [5.41, 5.74) is 4.51. The number of hydrogen-bond acceptors (Lipinski definition) is 3. The molecule has 1 heterocycles. The van der Waals surface area contributed by atoms with Crippen molar-refractivity contribution < 1.29 is 5.11 Å². The van der Waals surface area contributed by atoms with Gasteiger partial charge in [0.15, 0.2) is 0 Å². The number of aryl methyl sites for hydroxylation is 1. The second kappa shape index (κ2) is 3.94. The molecule has 3 N–H and O–H groups in total. The summed E-state index contributed by atoms with van der Waals surface area (Å²) >= 11 is 0. The Morgan fingerprint density at radius 3 is 2.40 bits per heavy atom. The van der Waals surface area contributed by atoms with E-state index in [-0.39, 0.29) is 12.0 Å². The van der Waals surface area contributed by atoms with E-state index in [1.165, 1.54) is 0 Å². The molecule has 0 aliphatic heterocycles. The molecule has 86 valence electrons. The molecule has 1 rings (SSSR count). The summed E-state index contributed by atoms with van der Waals surface area (Å²) in [7, 11) is 1.92. The van der Waals surface area contributed by atoms with E-state index >= 15 is 0 Å². The zero-order valence-corrected chi connectivity index (χ0v) is 9.99. The van der Waals surface area contributed by atoms with Crippen molar-refractivity contribution in [3.8, 4) is 0 Å². The Morgan fingerprint density at radius 2 is 2.07 bits per heavy atom. The van der Waals surface area contributed by atoms with Gasteiger partial charge in [-0.25, -0.2) is 4.98 Å². The van der Waals surface area contributed by atoms with Gasteiger partial charge in [0, 0.05) is 32.4 Å². The smallest absolute Gasteiger partial charge is 0.111 e. The van der Waals surface area contributed by atoms with Crippen LogP contribution in [0.2, 0.25) is 0 Å². The number of rotatable bonds is 3. The maximum Gasteiger partial charge on any atom is 0.111 e. The van der Waals surface area contributed by atoms with Gasteiger partial charge in [0.25, 0.3) is 0 Å². The Balaban J connectivity index is 2.92. The molecule has 0 aliphatic rings. The van der Waals surface area contributed by atoms with Crippen LogP contribution >= 0.6 is 0 Å². The summed E-state index contributed by atoms with van der Waals surface area (Å²) in [6.45, 7) is 6.21. The fourth-order valence-corrected chi connectivity index (χ4v) is 1.47. The van der Waals surface area contributed by atoms with E-state index in [1.807, 2.05) is 38.6 Å². The average Bonchev–Trinajstić information content (AvgIpc) is 2.50. The standard InChI is InChI=1S/C11H21N3O/c1-10(2,3)11(15,8-12)7-9-13-5-6-14(9)4/h5-6,15H,7-8,12H2,1-4H3. The first kappa shape index (κ1) is 12.2. The molecule has 1 aromatic heterocycles. The van der Waals surface area contributed by atoms with Crippen LogP contribution in [0.4, 0.5) is 0 Å². The Kier molecular flexibility index (Phi) is 3.21. The van der Waals surface area contributed by atoms with Crippen LogP contribution in [-0.2, 0) is 13.5 Å². The Morgan fingerprint density at radius 1 is 1.47 bits per heavy atom. The number of imidazole rings is 1. The number of hydrogen-bond donors (Lipinski definition) is 2. The molecule has 0 fully saturated rings. The van der Waals surface area contributed by atoms with Gasteiger partial charge in [-0.3, -0.25) is 0 Å². The average molecular weight is 211 g/mol. The third-order valence-electron chi connectivity index (χ3n) is 3.11. The molecule has 0 aromatic carbocycles. The van der Waals surface area contributed by atoms with Gasteiger partial charge in [-0.2, -0.15) is 0 Å². The number of aliphatic hydroxyl groups is 1. The van der Waals surface area contributed by atoms with Crippen LogP contribution in [0, 0.1) is 5.41 Å². The predicted octanol–water partition coefficient (Wildman–Crippen LogP) is 0.698. The Bertz CT molecular complexity index is 327. The van der Waals surface area contributed by atoms with Crippen molar-refractivity contribution in [2.45, 2.75) is 32.8 Å². The summed E-state index contributed by atoms with van der Waals surface area (Å²) in [6, 6.07) is 0. The molecular formula is C11H21N3O. The van der Waals surface area contributed by atoms with E-state index in [9.17, 15) is 5.11 Å². The highest BCUT2D eigenvalue weighted by Crippen LogP contribution is 2.32. The maximum atomic E-state index is 10.5. The first-order chi connectivity index (χ1) is 6.80. The van der Waals surface area contributed by atoms with E-state index in [2.05, 4.69) is 4.98 Å². The van der Waals surface area contributed by atoms with Crippen LogP contribution in [0.15, 0.2) is 12.4 Å². The van der Waals surface area contributed by atoms with E-state index in [0.717, 1.165) is 5.82 Å². The van der Waals surface area contributed by atoms with Crippen LogP contribution in [0.1, 0.15) is 26.6 Å². The fourth-order valence-electron chi connectivity index (χ4n) is 1.47. The first-order valence-electron chi connectivity index (χ1n) is 5.19. The lowest BCUT2D eigenvalue weighted by Crippen LogP contribution is -2.51. The maximum absolute atomic E-state index is 10.5. The highest BCUT2D eigenvalue weighted by Gasteiger charge is 2.39. The summed E-state index contributed by atoms with van der Waals surface area (Å²) in [4.78, 5) is 4.21. The number of aromatic nitrogens is 2. The van der Waals surface area contributed by atoms with Crippen LogP contribution in [-0.4, -0.2) is 26.8 Å². The van der Waals surface area contributed by atoms with Crippen LogP contribution in [0.25, 0.3) is 0 Å². The molecule has 0 radical (unpaired) electrons. The first-order valence-corrected chi connectivity index (χ1v) is 5.19. The van der Waals surface area contributed by atoms with Crippen molar-refractivity contribution in [3.63, 3.8) is 0 Å². The van der Waals surface area contributed by atoms with Crippen molar-refractivity contribution in [2.75, 3.05) is 6.54 Å². The van der Waals surface area contributed by atoms with Gasteiger partial charge in [-0.05, 0) is 5.41 Å². The topological polar surface area (TPSA) is 64.1 Å². The molecule has 15 heavy (non-hydrogen) atoms. The molecular weight excluding hydrogens is 190 g/mol. The van der Waals surface area contributed by atoms with E-state index < -0.39 is 5.60 Å². The van der Waals surface area contributed by atoms with Crippen molar-refractivity contribution in [1.82, 2.24) is 9.55 Å². The lowest BCUT2D eigenvalue weighted by atomic mass is 9.74. The zero-order valence-electron chi connectivity index (χ0n) is 9.99. The van der Waals surface area contributed by atoms with Crippen LogP contribution < -0.4 is 5.73 Å². The lowest BCUT2D eigenvalue weighted by Gasteiger charge is -2.39. The van der Waals surface area contributed by atoms with Gasteiger partial charge in [0.2, 0.25) is 0 Å². The highest BCUT2D eigenvalue weighted by molar-refractivity contribution is 5.03. The van der Waals surface area contributed by atoms with Gasteiger partial charge in [-0.1, -0.05) is 20.8 Å². The third-order valence-corrected chi connectivity index (χ3v) is 3.11. The largest absolute Gasteiger partial charge is 0.388 e. The van der Waals surface area contributed by atoms with Crippen LogP contribution in [0.5, 0.6) is 0 Å². The van der Waals surface area contributed by atoms with Crippen LogP contribution in [0.3, 0.4) is 0 Å². The molecule has 0 aliphatic carbocycles. The molecule has 0 spiro atoms. The highest BCUT2D eigenvalue weighted by atomic mass is 16.3. The normalized spacial score (nSPS) is 16.4. The summed E-state index contributed by atoms with van der Waals surface area (Å²) in [6.07, 6.45) is 4.08. The van der Waals surface area contributed by atoms with E-state index in [0.29, 0.717) is 6.42 Å². The van der Waals surface area contributed by atoms with Gasteiger partial charge in [0.05, 0.1) is 5.60 Å². The Hall–Kier alpha value is -0.870. The second-order valence-electron chi connectivity index (χ2n) is 5.12. The van der Waals surface area contributed by atoms with Crippen molar-refractivity contribution in [3.05, 3.63) is 18.2 Å².